The van der Waals surface area contributed by atoms with Gasteiger partial charge in [0.2, 0.25) is 10.0 Å². The number of aliphatic hydroxyl groups excluding tert-OH is 1. The lowest BCUT2D eigenvalue weighted by Crippen LogP contribution is -2.32. The highest BCUT2D eigenvalue weighted by molar-refractivity contribution is 7.92. The smallest absolute Gasteiger partial charge is 0.229 e. The van der Waals surface area contributed by atoms with Gasteiger partial charge >= 0.3 is 0 Å². The second-order valence-corrected chi connectivity index (χ2v) is 11.4. The van der Waals surface area contributed by atoms with E-state index in [0.29, 0.717) is 19.7 Å². The van der Waals surface area contributed by atoms with Gasteiger partial charge in [0.15, 0.2) is 0 Å². The molecule has 9 heteroatoms. The number of benzene rings is 4. The number of fused-ring (bicyclic) bond motifs is 3. The number of phenolic OH excluding ortho intramolecular Hbond substituents is 1. The minimum atomic E-state index is -3.50. The van der Waals surface area contributed by atoms with Crippen LogP contribution < -0.4 is 9.46 Å². The van der Waals surface area contributed by atoms with Crippen LogP contribution >= 0.6 is 0 Å². The Kier molecular flexibility index (Phi) is 7.74. The molecule has 39 heavy (non-hydrogen) atoms. The van der Waals surface area contributed by atoms with Gasteiger partial charge < -0.3 is 19.9 Å². The molecule has 0 bridgehead atoms. The number of hydrogen-bond acceptors (Lipinski definition) is 6. The highest BCUT2D eigenvalue weighted by atomic mass is 32.2. The average Bonchev–Trinajstić information content (AvgIpc) is 3.27. The van der Waals surface area contributed by atoms with Crippen molar-refractivity contribution in [2.45, 2.75) is 12.6 Å². The Morgan fingerprint density at radius 1 is 0.923 bits per heavy atom. The van der Waals surface area contributed by atoms with Crippen molar-refractivity contribution in [1.82, 2.24) is 9.88 Å². The maximum Gasteiger partial charge on any atom is 0.229 e. The molecule has 1 atom stereocenters. The van der Waals surface area contributed by atoms with Crippen LogP contribution in [0.4, 0.5) is 5.69 Å². The van der Waals surface area contributed by atoms with E-state index in [-0.39, 0.29) is 23.5 Å². The maximum absolute atomic E-state index is 11.6. The fraction of sp³-hybridized carbons (Fsp3) is 0.200. The van der Waals surface area contributed by atoms with Gasteiger partial charge in [-0.25, -0.2) is 8.42 Å². The number of para-hydroxylation sites is 1. The number of aromatic hydroxyl groups is 1. The van der Waals surface area contributed by atoms with Crippen LogP contribution in [0.3, 0.4) is 0 Å². The quantitative estimate of drug-likeness (QED) is 0.174. The first-order valence-corrected chi connectivity index (χ1v) is 14.5. The molecular formula is C30H31N3O5S. The Bertz CT molecular complexity index is 1690. The van der Waals surface area contributed by atoms with Gasteiger partial charge in [0, 0.05) is 53.2 Å². The summed E-state index contributed by atoms with van der Waals surface area (Å²) in [5, 5.41) is 23.7. The molecular weight excluding hydrogens is 514 g/mol. The zero-order valence-corrected chi connectivity index (χ0v) is 22.4. The number of rotatable bonds is 11. The van der Waals surface area contributed by atoms with Crippen LogP contribution in [0.1, 0.15) is 17.2 Å². The van der Waals surface area contributed by atoms with Crippen LogP contribution in [0.15, 0.2) is 91.0 Å². The molecule has 4 N–H and O–H groups in total. The molecule has 0 aliphatic carbocycles. The Labute approximate surface area is 227 Å². The van der Waals surface area contributed by atoms with Crippen LogP contribution in [-0.2, 0) is 16.6 Å². The summed E-state index contributed by atoms with van der Waals surface area (Å²) < 4.78 is 31.8. The summed E-state index contributed by atoms with van der Waals surface area (Å²) >= 11 is 0. The number of nitrogens with one attached hydrogen (secondary N) is 2. The number of aromatic amines is 1. The molecule has 5 aromatic rings. The number of aliphatic hydroxyl groups is 1. The number of nitrogens with zero attached hydrogens (tertiary/aromatic N) is 1. The van der Waals surface area contributed by atoms with Crippen molar-refractivity contribution >= 4 is 37.5 Å². The minimum absolute atomic E-state index is 0.107. The van der Waals surface area contributed by atoms with Crippen molar-refractivity contribution < 1.29 is 23.4 Å². The second-order valence-electron chi connectivity index (χ2n) is 9.61. The fourth-order valence-electron chi connectivity index (χ4n) is 4.73. The number of phenols is 1. The first kappa shape index (κ1) is 26.6. The summed E-state index contributed by atoms with van der Waals surface area (Å²) in [6.07, 6.45) is -0.00861. The summed E-state index contributed by atoms with van der Waals surface area (Å²) in [6.45, 7) is 1.66. The van der Waals surface area contributed by atoms with Crippen molar-refractivity contribution in [3.63, 3.8) is 0 Å². The van der Waals surface area contributed by atoms with Crippen molar-refractivity contribution in [3.05, 3.63) is 102 Å². The number of anilines is 1. The first-order valence-electron chi connectivity index (χ1n) is 12.6. The van der Waals surface area contributed by atoms with Crippen molar-refractivity contribution in [2.75, 3.05) is 30.7 Å². The highest BCUT2D eigenvalue weighted by Gasteiger charge is 2.19. The lowest BCUT2D eigenvalue weighted by atomic mass is 10.1. The van der Waals surface area contributed by atoms with Crippen molar-refractivity contribution in [1.29, 1.82) is 0 Å². The molecule has 0 aliphatic heterocycles. The van der Waals surface area contributed by atoms with E-state index < -0.39 is 16.1 Å². The third-order valence-electron chi connectivity index (χ3n) is 6.52. The van der Waals surface area contributed by atoms with E-state index in [9.17, 15) is 18.6 Å². The topological polar surface area (TPSA) is 115 Å². The van der Waals surface area contributed by atoms with Gasteiger partial charge in [-0.1, -0.05) is 48.5 Å². The number of H-pyrrole nitrogens is 1. The zero-order valence-electron chi connectivity index (χ0n) is 21.5. The third-order valence-corrected chi connectivity index (χ3v) is 7.13. The standard InChI is InChI=1S/C30H31N3O5S/c1-39(36,37)32-22-11-14-29(34)26(17-22)30(35)20-33(19-21-7-3-2-4-8-21)15-16-38-23-12-13-25-24-9-5-6-10-27(24)31-28(25)18-23/h2-14,17-18,30-32,34-35H,15-16,19-20H2,1H3. The van der Waals surface area contributed by atoms with Crippen LogP contribution in [0.2, 0.25) is 0 Å². The molecule has 4 aromatic carbocycles. The zero-order chi connectivity index (χ0) is 27.4. The van der Waals surface area contributed by atoms with E-state index in [0.717, 1.165) is 34.0 Å². The summed E-state index contributed by atoms with van der Waals surface area (Å²) in [4.78, 5) is 5.47. The number of ether oxygens (including phenoxy) is 1. The molecule has 8 nitrogen and oxygen atoms in total. The molecule has 0 aliphatic rings. The first-order chi connectivity index (χ1) is 18.7. The van der Waals surface area contributed by atoms with Crippen LogP contribution in [0.25, 0.3) is 21.8 Å². The van der Waals surface area contributed by atoms with Crippen molar-refractivity contribution in [3.8, 4) is 11.5 Å². The molecule has 5 rings (SSSR count). The normalized spacial score (nSPS) is 12.7. The van der Waals surface area contributed by atoms with E-state index in [1.165, 1.54) is 23.6 Å². The Morgan fingerprint density at radius 3 is 2.46 bits per heavy atom. The largest absolute Gasteiger partial charge is 0.508 e. The summed E-state index contributed by atoms with van der Waals surface area (Å²) in [7, 11) is -3.50. The van der Waals surface area contributed by atoms with E-state index >= 15 is 0 Å². The van der Waals surface area contributed by atoms with Gasteiger partial charge in [-0.05, 0) is 42.0 Å². The minimum Gasteiger partial charge on any atom is -0.508 e. The van der Waals surface area contributed by atoms with Crippen LogP contribution in [-0.4, -0.2) is 54.5 Å². The Morgan fingerprint density at radius 2 is 1.67 bits per heavy atom. The molecule has 0 saturated carbocycles. The average molecular weight is 546 g/mol. The predicted molar refractivity (Wildman–Crippen MR) is 155 cm³/mol. The van der Waals surface area contributed by atoms with E-state index in [1.807, 2.05) is 65.6 Å². The highest BCUT2D eigenvalue weighted by Crippen LogP contribution is 2.30. The second kappa shape index (κ2) is 11.4. The van der Waals surface area contributed by atoms with Gasteiger partial charge in [-0.15, -0.1) is 0 Å². The number of hydrogen-bond donors (Lipinski definition) is 4. The van der Waals surface area contributed by atoms with Gasteiger partial charge in [0.25, 0.3) is 0 Å². The van der Waals surface area contributed by atoms with Gasteiger partial charge in [0.1, 0.15) is 18.1 Å². The van der Waals surface area contributed by atoms with Gasteiger partial charge in [-0.3, -0.25) is 9.62 Å². The van der Waals surface area contributed by atoms with E-state index in [1.54, 1.807) is 0 Å². The molecule has 1 unspecified atom stereocenters. The predicted octanol–water partition coefficient (Wildman–Crippen LogP) is 5.01. The fourth-order valence-corrected chi connectivity index (χ4v) is 5.29. The SMILES string of the molecule is CS(=O)(=O)Nc1ccc(O)c(C(O)CN(CCOc2ccc3c(c2)[nH]c2ccccc23)Cc2ccccc2)c1. The maximum atomic E-state index is 11.6. The molecule has 0 spiro atoms. The number of aromatic nitrogens is 1. The summed E-state index contributed by atoms with van der Waals surface area (Å²) in [5.74, 6) is 0.635. The van der Waals surface area contributed by atoms with Crippen molar-refractivity contribution in [2.24, 2.45) is 0 Å². The van der Waals surface area contributed by atoms with Gasteiger partial charge in [-0.2, -0.15) is 0 Å². The molecule has 0 radical (unpaired) electrons. The Hall–Kier alpha value is -4.05. The summed E-state index contributed by atoms with van der Waals surface area (Å²) in [6, 6.07) is 28.3. The molecule has 0 amide bonds. The van der Waals surface area contributed by atoms with Crippen LogP contribution in [0.5, 0.6) is 11.5 Å². The van der Waals surface area contributed by atoms with E-state index in [4.69, 9.17) is 4.74 Å². The lowest BCUT2D eigenvalue weighted by molar-refractivity contribution is 0.0969. The lowest BCUT2D eigenvalue weighted by Gasteiger charge is -2.26. The third kappa shape index (κ3) is 6.69. The molecule has 1 heterocycles. The molecule has 0 saturated heterocycles. The summed E-state index contributed by atoms with van der Waals surface area (Å²) in [5.41, 5.74) is 3.66. The monoisotopic (exact) mass is 545 g/mol. The molecule has 0 fully saturated rings. The molecule has 202 valence electrons. The van der Waals surface area contributed by atoms with Crippen LogP contribution in [0, 0.1) is 0 Å². The molecule has 1 aromatic heterocycles. The number of sulfonamides is 1. The van der Waals surface area contributed by atoms with E-state index in [2.05, 4.69) is 21.8 Å². The Balaban J connectivity index is 1.29. The van der Waals surface area contributed by atoms with Gasteiger partial charge in [0.05, 0.1) is 17.9 Å².